The number of nitrogens with two attached hydrogens (primary N) is 1. The first kappa shape index (κ1) is 17.0. The Balaban J connectivity index is 1.95. The van der Waals surface area contributed by atoms with E-state index in [1.165, 1.54) is 18.2 Å². The van der Waals surface area contributed by atoms with Gasteiger partial charge in [-0.3, -0.25) is 0 Å². The zero-order valence-corrected chi connectivity index (χ0v) is 14.0. The predicted octanol–water partition coefficient (Wildman–Crippen LogP) is 3.04. The van der Waals surface area contributed by atoms with Crippen molar-refractivity contribution in [3.05, 3.63) is 28.2 Å². The Morgan fingerprint density at radius 2 is 1.57 bits per heavy atom. The van der Waals surface area contributed by atoms with Crippen LogP contribution in [0.4, 0.5) is 0 Å². The van der Waals surface area contributed by atoms with Crippen molar-refractivity contribution in [1.82, 2.24) is 4.72 Å². The van der Waals surface area contributed by atoms with Crippen molar-refractivity contribution in [1.29, 1.82) is 0 Å². The summed E-state index contributed by atoms with van der Waals surface area (Å²) in [7, 11) is -3.57. The van der Waals surface area contributed by atoms with Crippen LogP contribution >= 0.6 is 23.2 Å². The van der Waals surface area contributed by atoms with Gasteiger partial charge in [-0.25, -0.2) is 13.1 Å². The van der Waals surface area contributed by atoms with E-state index in [-0.39, 0.29) is 4.90 Å². The van der Waals surface area contributed by atoms with Gasteiger partial charge in [-0.2, -0.15) is 0 Å². The molecule has 1 fully saturated rings. The number of hydrogen-bond donors (Lipinski definition) is 2. The summed E-state index contributed by atoms with van der Waals surface area (Å²) in [5.41, 5.74) is 5.66. The van der Waals surface area contributed by atoms with Crippen molar-refractivity contribution >= 4 is 33.2 Å². The standard InChI is InChI=1S/C14H20Cl2N2O2S/c15-12-5-13(16)7-14(6-12)21(19,20)18-9-11-3-1-10(8-17)2-4-11/h5-7,10-11,18H,1-4,8-9,17H2/t10-,11-. The first-order valence-electron chi connectivity index (χ1n) is 7.06. The van der Waals surface area contributed by atoms with Crippen molar-refractivity contribution < 1.29 is 8.42 Å². The molecule has 3 N–H and O–H groups in total. The topological polar surface area (TPSA) is 72.2 Å². The molecule has 1 saturated carbocycles. The molecule has 0 heterocycles. The van der Waals surface area contributed by atoms with Gasteiger partial charge in [-0.05, 0) is 62.3 Å². The molecule has 1 aliphatic carbocycles. The van der Waals surface area contributed by atoms with E-state index < -0.39 is 10.0 Å². The summed E-state index contributed by atoms with van der Waals surface area (Å²) >= 11 is 11.7. The van der Waals surface area contributed by atoms with Crippen LogP contribution in [0.15, 0.2) is 23.1 Å². The Labute approximate surface area is 136 Å². The molecule has 0 radical (unpaired) electrons. The molecule has 1 aromatic rings. The van der Waals surface area contributed by atoms with Gasteiger partial charge in [-0.15, -0.1) is 0 Å². The number of nitrogens with one attached hydrogen (secondary N) is 1. The summed E-state index contributed by atoms with van der Waals surface area (Å²) in [5.74, 6) is 0.960. The Morgan fingerprint density at radius 3 is 2.10 bits per heavy atom. The van der Waals surface area contributed by atoms with Crippen LogP contribution in [0.5, 0.6) is 0 Å². The molecule has 7 heteroatoms. The van der Waals surface area contributed by atoms with Crippen molar-refractivity contribution in [2.45, 2.75) is 30.6 Å². The predicted molar refractivity (Wildman–Crippen MR) is 86.2 cm³/mol. The third kappa shape index (κ3) is 4.83. The zero-order valence-electron chi connectivity index (χ0n) is 11.7. The molecule has 21 heavy (non-hydrogen) atoms. The van der Waals surface area contributed by atoms with Gasteiger partial charge >= 0.3 is 0 Å². The van der Waals surface area contributed by atoms with Crippen LogP contribution in [0.1, 0.15) is 25.7 Å². The highest BCUT2D eigenvalue weighted by molar-refractivity contribution is 7.89. The highest BCUT2D eigenvalue weighted by Crippen LogP contribution is 2.28. The van der Waals surface area contributed by atoms with E-state index in [2.05, 4.69) is 4.72 Å². The second-order valence-electron chi connectivity index (χ2n) is 5.58. The maximum absolute atomic E-state index is 12.3. The molecule has 0 atom stereocenters. The molecule has 0 saturated heterocycles. The van der Waals surface area contributed by atoms with Gasteiger partial charge in [-0.1, -0.05) is 23.2 Å². The fraction of sp³-hybridized carbons (Fsp3) is 0.571. The summed E-state index contributed by atoms with van der Waals surface area (Å²) in [6.07, 6.45) is 4.18. The highest BCUT2D eigenvalue weighted by atomic mass is 35.5. The van der Waals surface area contributed by atoms with Gasteiger partial charge < -0.3 is 5.73 Å². The number of benzene rings is 1. The average molecular weight is 351 g/mol. The fourth-order valence-electron chi connectivity index (χ4n) is 2.67. The lowest BCUT2D eigenvalue weighted by Gasteiger charge is -2.27. The molecule has 1 aromatic carbocycles. The van der Waals surface area contributed by atoms with Crippen molar-refractivity contribution in [2.24, 2.45) is 17.6 Å². The van der Waals surface area contributed by atoms with Crippen LogP contribution in [0, 0.1) is 11.8 Å². The molecular weight excluding hydrogens is 331 g/mol. The highest BCUT2D eigenvalue weighted by Gasteiger charge is 2.22. The van der Waals surface area contributed by atoms with Crippen LogP contribution < -0.4 is 10.5 Å². The minimum absolute atomic E-state index is 0.107. The van der Waals surface area contributed by atoms with E-state index in [9.17, 15) is 8.42 Å². The molecule has 2 rings (SSSR count). The number of hydrogen-bond acceptors (Lipinski definition) is 3. The Kier molecular flexibility index (Phi) is 5.91. The van der Waals surface area contributed by atoms with Crippen LogP contribution in [0.25, 0.3) is 0 Å². The molecule has 0 bridgehead atoms. The van der Waals surface area contributed by atoms with Crippen molar-refractivity contribution in [3.63, 3.8) is 0 Å². The lowest BCUT2D eigenvalue weighted by atomic mass is 9.82. The monoisotopic (exact) mass is 350 g/mol. The first-order valence-corrected chi connectivity index (χ1v) is 9.30. The molecule has 0 aromatic heterocycles. The summed E-state index contributed by atoms with van der Waals surface area (Å²) in [4.78, 5) is 0.107. The van der Waals surface area contributed by atoms with Gasteiger partial charge in [0.15, 0.2) is 0 Å². The van der Waals surface area contributed by atoms with E-state index in [1.54, 1.807) is 0 Å². The van der Waals surface area contributed by atoms with Crippen LogP contribution in [-0.2, 0) is 10.0 Å². The minimum atomic E-state index is -3.57. The fourth-order valence-corrected chi connectivity index (χ4v) is 4.51. The Hall–Kier alpha value is -0.330. The van der Waals surface area contributed by atoms with E-state index in [0.29, 0.717) is 28.4 Å². The molecule has 0 aliphatic heterocycles. The second-order valence-corrected chi connectivity index (χ2v) is 8.22. The van der Waals surface area contributed by atoms with Crippen molar-refractivity contribution in [2.75, 3.05) is 13.1 Å². The van der Waals surface area contributed by atoms with Crippen LogP contribution in [0.3, 0.4) is 0 Å². The molecule has 118 valence electrons. The Morgan fingerprint density at radius 1 is 1.05 bits per heavy atom. The lowest BCUT2D eigenvalue weighted by Crippen LogP contribution is -2.32. The smallest absolute Gasteiger partial charge is 0.240 e. The maximum Gasteiger partial charge on any atom is 0.240 e. The normalized spacial score (nSPS) is 23.2. The third-order valence-corrected chi connectivity index (χ3v) is 5.85. The largest absolute Gasteiger partial charge is 0.330 e. The summed E-state index contributed by atoms with van der Waals surface area (Å²) in [6.45, 7) is 1.17. The minimum Gasteiger partial charge on any atom is -0.330 e. The first-order chi connectivity index (χ1) is 9.90. The van der Waals surface area contributed by atoms with Crippen LogP contribution in [-0.4, -0.2) is 21.5 Å². The summed E-state index contributed by atoms with van der Waals surface area (Å²) < 4.78 is 27.2. The molecule has 4 nitrogen and oxygen atoms in total. The summed E-state index contributed by atoms with van der Waals surface area (Å²) in [5, 5.41) is 0.623. The van der Waals surface area contributed by atoms with Gasteiger partial charge in [0.1, 0.15) is 0 Å². The zero-order chi connectivity index (χ0) is 15.5. The van der Waals surface area contributed by atoms with Gasteiger partial charge in [0.2, 0.25) is 10.0 Å². The van der Waals surface area contributed by atoms with Gasteiger partial charge in [0, 0.05) is 16.6 Å². The molecule has 0 unspecified atom stereocenters. The quantitative estimate of drug-likeness (QED) is 0.856. The van der Waals surface area contributed by atoms with Gasteiger partial charge in [0.25, 0.3) is 0 Å². The number of halogens is 2. The molecule has 0 spiro atoms. The molecule has 0 amide bonds. The maximum atomic E-state index is 12.3. The second kappa shape index (κ2) is 7.29. The van der Waals surface area contributed by atoms with E-state index in [4.69, 9.17) is 28.9 Å². The van der Waals surface area contributed by atoms with E-state index in [1.807, 2.05) is 0 Å². The van der Waals surface area contributed by atoms with Crippen LogP contribution in [0.2, 0.25) is 10.0 Å². The summed E-state index contributed by atoms with van der Waals surface area (Å²) in [6, 6.07) is 4.32. The average Bonchev–Trinajstić information content (AvgIpc) is 2.45. The number of sulfonamides is 1. The number of rotatable bonds is 5. The molecular formula is C14H20Cl2N2O2S. The van der Waals surface area contributed by atoms with Crippen molar-refractivity contribution in [3.8, 4) is 0 Å². The lowest BCUT2D eigenvalue weighted by molar-refractivity contribution is 0.280. The SMILES string of the molecule is NC[C@H]1CC[C@H](CNS(=O)(=O)c2cc(Cl)cc(Cl)c2)CC1. The van der Waals surface area contributed by atoms with Gasteiger partial charge in [0.05, 0.1) is 4.90 Å². The van der Waals surface area contributed by atoms with E-state index in [0.717, 1.165) is 32.2 Å². The molecule has 1 aliphatic rings. The Bertz CT molecular complexity index is 564. The third-order valence-electron chi connectivity index (χ3n) is 4.01. The van der Waals surface area contributed by atoms with E-state index >= 15 is 0 Å².